The molecular weight excluding hydrogens is 737 g/mol. The Kier molecular flexibility index (Phi) is 18.2. The van der Waals surface area contributed by atoms with E-state index in [4.69, 9.17) is 11.7 Å². The Morgan fingerprint density at radius 2 is 1.40 bits per heavy atom. The third-order valence-corrected chi connectivity index (χ3v) is 9.39. The molecule has 0 aliphatic heterocycles. The molecule has 0 bridgehead atoms. The van der Waals surface area contributed by atoms with Crippen molar-refractivity contribution < 1.29 is 52.4 Å². The summed E-state index contributed by atoms with van der Waals surface area (Å²) in [5, 5.41) is 15.4. The fraction of sp³-hybridized carbons (Fsp3) is 0.514. The van der Waals surface area contributed by atoms with Crippen LogP contribution in [0.2, 0.25) is 1.41 Å². The van der Waals surface area contributed by atoms with Crippen LogP contribution in [-0.2, 0) is 52.0 Å². The second-order valence-electron chi connectivity index (χ2n) is 13.3. The summed E-state index contributed by atoms with van der Waals surface area (Å²) in [6.45, 7) is 3.43. The lowest BCUT2D eigenvalue weighted by Gasteiger charge is -2.35. The van der Waals surface area contributed by atoms with Crippen LogP contribution in [0.15, 0.2) is 54.6 Å². The molecule has 8 N–H and O–H groups in total. The van der Waals surface area contributed by atoms with Crippen molar-refractivity contribution in [3.8, 4) is 5.75 Å². The van der Waals surface area contributed by atoms with Crippen molar-refractivity contribution in [2.45, 2.75) is 102 Å². The molecule has 4 amide bonds. The number of carbonyl (C=O) groups excluding carboxylic acids is 5. The number of carbonyl (C=O) groups is 6. The topological polar surface area (TPSA) is 269 Å². The van der Waals surface area contributed by atoms with Crippen molar-refractivity contribution >= 4 is 45.8 Å². The highest BCUT2D eigenvalue weighted by molar-refractivity contribution is 7.81. The average Bonchev–Trinajstić information content (AvgIpc) is 3.15. The second-order valence-corrected chi connectivity index (χ2v) is 14.3. The number of hydrogen-bond donors (Lipinski definition) is 6. The van der Waals surface area contributed by atoms with Gasteiger partial charge in [-0.1, -0.05) is 82.0 Å². The fourth-order valence-electron chi connectivity index (χ4n) is 5.80. The Hall–Kier alpha value is -4.91. The first-order valence-corrected chi connectivity index (χ1v) is 19.4. The van der Waals surface area contributed by atoms with Crippen molar-refractivity contribution in [1.82, 2.24) is 20.4 Å². The van der Waals surface area contributed by atoms with Gasteiger partial charge in [0.1, 0.15) is 19.2 Å². The van der Waals surface area contributed by atoms with E-state index in [0.29, 0.717) is 36.8 Å². The zero-order chi connectivity index (χ0) is 42.0. The smallest absolute Gasteiger partial charge is 0.446 e. The maximum Gasteiger partial charge on any atom is 0.446 e. The number of carboxylic acid groups (broad SMARTS) is 1. The van der Waals surface area contributed by atoms with Crippen LogP contribution in [0, 0.1) is 0 Å². The van der Waals surface area contributed by atoms with E-state index in [1.165, 1.54) is 38.4 Å². The predicted octanol–water partition coefficient (Wildman–Crippen LogP) is 0.987. The van der Waals surface area contributed by atoms with Gasteiger partial charge in [-0.2, -0.15) is 8.42 Å². The summed E-state index contributed by atoms with van der Waals surface area (Å²) < 4.78 is 42.9. The number of likely N-dealkylation sites (N-methyl/N-ethyl adjacent to an activating group) is 2. The van der Waals surface area contributed by atoms with E-state index in [1.54, 1.807) is 30.3 Å². The van der Waals surface area contributed by atoms with E-state index in [-0.39, 0.29) is 38.0 Å². The van der Waals surface area contributed by atoms with Crippen LogP contribution in [0.4, 0.5) is 0 Å². The van der Waals surface area contributed by atoms with Gasteiger partial charge in [0.2, 0.25) is 23.6 Å². The molecule has 0 unspecified atom stereocenters. The number of primary amides is 1. The summed E-state index contributed by atoms with van der Waals surface area (Å²) in [5.41, 5.74) is 9.05. The third kappa shape index (κ3) is 15.8. The zero-order valence-electron chi connectivity index (χ0n) is 32.6. The van der Waals surface area contributed by atoms with Crippen molar-refractivity contribution in [1.29, 1.82) is 0 Å². The van der Waals surface area contributed by atoms with Gasteiger partial charge in [-0.05, 0) is 42.5 Å². The molecule has 0 fully saturated rings. The number of rotatable bonds is 26. The number of carboxylic acids is 1. The van der Waals surface area contributed by atoms with Crippen molar-refractivity contribution in [3.63, 3.8) is 0 Å². The number of ketones is 1. The maximum absolute atomic E-state index is 14.0. The molecule has 17 nitrogen and oxygen atoms in total. The van der Waals surface area contributed by atoms with E-state index >= 15 is 0 Å². The van der Waals surface area contributed by atoms with Crippen molar-refractivity contribution in [2.75, 3.05) is 20.6 Å². The number of amides is 4. The maximum atomic E-state index is 14.0. The van der Waals surface area contributed by atoms with Crippen LogP contribution in [0.1, 0.15) is 69.9 Å². The Labute approximate surface area is 323 Å². The van der Waals surface area contributed by atoms with Gasteiger partial charge in [0.15, 0.2) is 5.78 Å². The molecule has 0 saturated heterocycles. The first-order chi connectivity index (χ1) is 26.4. The molecule has 304 valence electrons. The molecule has 0 saturated carbocycles. The lowest BCUT2D eigenvalue weighted by atomic mass is 10.0. The Morgan fingerprint density at radius 1 is 0.836 bits per heavy atom. The Balaban J connectivity index is 2.23. The highest BCUT2D eigenvalue weighted by Crippen LogP contribution is 2.17. The highest BCUT2D eigenvalue weighted by Gasteiger charge is 2.37. The molecule has 0 aliphatic carbocycles. The predicted molar refractivity (Wildman–Crippen MR) is 203 cm³/mol. The summed E-state index contributed by atoms with van der Waals surface area (Å²) in [4.78, 5) is 81.1. The number of unbranched alkanes of at least 4 members (excludes halogenated alkanes) is 2. The number of aliphatic carboxylic acids is 1. The minimum absolute atomic E-state index is 0.0216. The minimum Gasteiger partial charge on any atom is -0.481 e. The van der Waals surface area contributed by atoms with Gasteiger partial charge in [0, 0.05) is 20.5 Å². The van der Waals surface area contributed by atoms with Crippen LogP contribution in [-0.4, -0.2) is 114 Å². The number of nitrogens with two attached hydrogens (primary N) is 2. The summed E-state index contributed by atoms with van der Waals surface area (Å²) in [5.74, 6) is -4.92. The second kappa shape index (κ2) is 22.5. The third-order valence-electron chi connectivity index (χ3n) is 8.98. The average molecular weight is 792 g/mol. The first kappa shape index (κ1) is 44.5. The molecule has 55 heavy (non-hydrogen) atoms. The molecule has 2 aromatic carbocycles. The molecule has 0 aliphatic rings. The molecule has 18 heteroatoms. The van der Waals surface area contributed by atoms with Gasteiger partial charge in [0.05, 0.1) is 31.1 Å². The molecule has 2 rings (SSSR count). The van der Waals surface area contributed by atoms with Gasteiger partial charge in [-0.15, -0.1) is 0 Å². The summed E-state index contributed by atoms with van der Waals surface area (Å²) in [6, 6.07) is 8.43. The van der Waals surface area contributed by atoms with Crippen LogP contribution in [0.25, 0.3) is 0 Å². The quantitative estimate of drug-likeness (QED) is 0.0727. The largest absolute Gasteiger partial charge is 0.481 e. The molecule has 0 heterocycles. The molecule has 2 aromatic rings. The summed E-state index contributed by atoms with van der Waals surface area (Å²) in [7, 11) is -2.12. The number of nitrogens with zero attached hydrogens (tertiary/aromatic N) is 2. The molecule has 0 spiro atoms. The normalized spacial score (nSPS) is 14.3. The zero-order valence-corrected chi connectivity index (χ0v) is 32.4. The van der Waals surface area contributed by atoms with Crippen LogP contribution in [0.3, 0.4) is 0 Å². The highest BCUT2D eigenvalue weighted by atomic mass is 32.3. The van der Waals surface area contributed by atoms with E-state index in [2.05, 4.69) is 20.5 Å². The van der Waals surface area contributed by atoms with Gasteiger partial charge in [0.25, 0.3) is 0 Å². The van der Waals surface area contributed by atoms with E-state index < -0.39 is 82.4 Å². The van der Waals surface area contributed by atoms with E-state index in [1.807, 2.05) is 13.8 Å². The van der Waals surface area contributed by atoms with Crippen molar-refractivity contribution in [3.05, 3.63) is 65.7 Å². The number of nitrogens with one attached hydrogen (secondary N) is 2. The number of benzene rings is 2. The van der Waals surface area contributed by atoms with E-state index in [9.17, 15) is 42.3 Å². The van der Waals surface area contributed by atoms with Crippen LogP contribution < -0.4 is 26.3 Å². The van der Waals surface area contributed by atoms with Crippen LogP contribution in [0.5, 0.6) is 5.75 Å². The molecular formula is C37H54N6O11S. The summed E-state index contributed by atoms with van der Waals surface area (Å²) in [6.07, 6.45) is 2.25. The number of Topliss-reactive ketones (excluding diaryl/α,β-unsaturated/α-hetero) is 1. The minimum atomic E-state index is -4.73. The molecule has 0 radical (unpaired) electrons. The van der Waals surface area contributed by atoms with E-state index in [0.717, 1.165) is 9.80 Å². The SMILES string of the molecule is [2H]N[C@@H](Cc1ccc(OS(=O)(=O)O)cc1)C(=O)N[C@@H](CCCC)C(=O)CN[C@@H](CCCC)C(=O)N(C)[C@H](CC(=O)O)C(=O)N(C)[C@@H](Cc1ccccc1)C(N)=O. The monoisotopic (exact) mass is 791 g/mol. The Morgan fingerprint density at radius 3 is 1.93 bits per heavy atom. The molecule has 0 aromatic heterocycles. The number of hydrogen-bond acceptors (Lipinski definition) is 11. The van der Waals surface area contributed by atoms with Gasteiger partial charge in [-0.3, -0.25) is 38.6 Å². The van der Waals surface area contributed by atoms with Gasteiger partial charge in [-0.25, -0.2) is 0 Å². The molecule has 5 atom stereocenters. The lowest BCUT2D eigenvalue weighted by Crippen LogP contribution is -2.58. The standard InChI is InChI=1S/C37H54N6O11S/c1-5-7-14-28(41-35(48)27(38)20-25-16-18-26(19-17-25)54-55(51,52)53)32(44)23-40-29(15-8-6-2)36(49)43(4)31(22-33(45)46)37(50)42(3)30(34(39)47)21-24-12-10-9-11-13-24/h9-13,16-19,27-31,40H,5-8,14-15,20-23,38H2,1-4H3,(H2,39,47)(H,41,48)(H,45,46)(H,51,52,53)/t27-,28-,29-,30-,31+/m0/s1/i/hD. The Bertz CT molecular complexity index is 1730. The fourth-order valence-corrected chi connectivity index (χ4v) is 6.16. The first-order valence-electron chi connectivity index (χ1n) is 18.5. The summed E-state index contributed by atoms with van der Waals surface area (Å²) >= 11 is 0. The lowest BCUT2D eigenvalue weighted by molar-refractivity contribution is -0.152. The van der Waals surface area contributed by atoms with Gasteiger partial charge >= 0.3 is 16.4 Å². The van der Waals surface area contributed by atoms with Crippen LogP contribution >= 0.6 is 0 Å². The van der Waals surface area contributed by atoms with Gasteiger partial charge < -0.3 is 35.9 Å². The van der Waals surface area contributed by atoms with Crippen molar-refractivity contribution in [2.24, 2.45) is 11.5 Å².